The van der Waals surface area contributed by atoms with Gasteiger partial charge < -0.3 is 14.4 Å². The highest BCUT2D eigenvalue weighted by Gasteiger charge is 2.19. The van der Waals surface area contributed by atoms with E-state index < -0.39 is 5.97 Å². The van der Waals surface area contributed by atoms with Crippen LogP contribution in [0.4, 0.5) is 0 Å². The zero-order valence-electron chi connectivity index (χ0n) is 11.5. The fourth-order valence-electron chi connectivity index (χ4n) is 1.49. The molecule has 1 heterocycles. The van der Waals surface area contributed by atoms with E-state index in [9.17, 15) is 9.59 Å². The maximum Gasteiger partial charge on any atom is 0.357 e. The summed E-state index contributed by atoms with van der Waals surface area (Å²) in [6.45, 7) is 4.24. The van der Waals surface area contributed by atoms with Gasteiger partial charge in [-0.15, -0.1) is 11.3 Å². The van der Waals surface area contributed by atoms with Gasteiger partial charge in [0.2, 0.25) is 5.91 Å². The van der Waals surface area contributed by atoms with Crippen molar-refractivity contribution in [2.75, 3.05) is 20.8 Å². The molecule has 1 amide bonds. The zero-order chi connectivity index (χ0) is 14.4. The Hall–Kier alpha value is -1.47. The molecule has 1 aromatic rings. The predicted molar refractivity (Wildman–Crippen MR) is 71.0 cm³/mol. The van der Waals surface area contributed by atoms with Crippen molar-refractivity contribution < 1.29 is 19.1 Å². The molecule has 0 bridgehead atoms. The first-order valence-electron chi connectivity index (χ1n) is 5.80. The van der Waals surface area contributed by atoms with E-state index in [0.717, 1.165) is 0 Å². The van der Waals surface area contributed by atoms with Crippen LogP contribution in [0.2, 0.25) is 0 Å². The third-order valence-electron chi connectivity index (χ3n) is 2.46. The first-order valence-corrected chi connectivity index (χ1v) is 6.68. The van der Waals surface area contributed by atoms with Crippen molar-refractivity contribution in [3.05, 3.63) is 16.1 Å². The van der Waals surface area contributed by atoms with Crippen molar-refractivity contribution in [1.82, 2.24) is 9.88 Å². The van der Waals surface area contributed by atoms with E-state index >= 15 is 0 Å². The Morgan fingerprint density at radius 1 is 1.42 bits per heavy atom. The maximum absolute atomic E-state index is 11.9. The molecule has 1 rings (SSSR count). The molecule has 0 fully saturated rings. The molecule has 0 spiro atoms. The average Bonchev–Trinajstić information content (AvgIpc) is 2.83. The van der Waals surface area contributed by atoms with Gasteiger partial charge in [-0.05, 0) is 13.8 Å². The Bertz CT molecular complexity index is 445. The van der Waals surface area contributed by atoms with Crippen LogP contribution < -0.4 is 0 Å². The highest BCUT2D eigenvalue weighted by atomic mass is 32.1. The Morgan fingerprint density at radius 2 is 2.11 bits per heavy atom. The van der Waals surface area contributed by atoms with Crippen molar-refractivity contribution in [2.24, 2.45) is 0 Å². The number of ether oxygens (including phenoxy) is 2. The Labute approximate surface area is 116 Å². The van der Waals surface area contributed by atoms with Crippen molar-refractivity contribution in [3.63, 3.8) is 0 Å². The molecule has 0 saturated carbocycles. The number of thiazole rings is 1. The minimum atomic E-state index is -0.471. The summed E-state index contributed by atoms with van der Waals surface area (Å²) >= 11 is 1.33. The SMILES string of the molecule is COCC(=O)N(Cc1nc(C(=O)OC)cs1)C(C)C. The lowest BCUT2D eigenvalue weighted by molar-refractivity contribution is -0.137. The number of amides is 1. The molecule has 0 atom stereocenters. The molecule has 0 unspecified atom stereocenters. The van der Waals surface area contributed by atoms with E-state index in [-0.39, 0.29) is 24.2 Å². The second-order valence-corrected chi connectivity index (χ2v) is 5.11. The van der Waals surface area contributed by atoms with Gasteiger partial charge in [0, 0.05) is 18.5 Å². The number of hydrogen-bond acceptors (Lipinski definition) is 6. The van der Waals surface area contributed by atoms with E-state index in [1.54, 1.807) is 10.3 Å². The summed E-state index contributed by atoms with van der Waals surface area (Å²) in [5, 5.41) is 2.32. The third kappa shape index (κ3) is 4.29. The first kappa shape index (κ1) is 15.6. The van der Waals surface area contributed by atoms with Gasteiger partial charge in [-0.1, -0.05) is 0 Å². The molecular weight excluding hydrogens is 268 g/mol. The summed E-state index contributed by atoms with van der Waals surface area (Å²) in [5.74, 6) is -0.575. The number of nitrogens with zero attached hydrogens (tertiary/aromatic N) is 2. The molecule has 106 valence electrons. The summed E-state index contributed by atoms with van der Waals surface area (Å²) in [6.07, 6.45) is 0. The number of rotatable bonds is 6. The molecule has 0 aliphatic rings. The third-order valence-corrected chi connectivity index (χ3v) is 3.30. The lowest BCUT2D eigenvalue weighted by atomic mass is 10.3. The summed E-state index contributed by atoms with van der Waals surface area (Å²) in [4.78, 5) is 29.0. The molecule has 0 aromatic carbocycles. The summed E-state index contributed by atoms with van der Waals surface area (Å²) in [7, 11) is 2.79. The fraction of sp³-hybridized carbons (Fsp3) is 0.583. The largest absolute Gasteiger partial charge is 0.464 e. The second-order valence-electron chi connectivity index (χ2n) is 4.17. The van der Waals surface area contributed by atoms with Crippen LogP contribution in [0.3, 0.4) is 0 Å². The predicted octanol–water partition coefficient (Wildman–Crippen LogP) is 1.31. The quantitative estimate of drug-likeness (QED) is 0.738. The van der Waals surface area contributed by atoms with Crippen LogP contribution in [0.25, 0.3) is 0 Å². The topological polar surface area (TPSA) is 68.7 Å². The number of methoxy groups -OCH3 is 2. The standard InChI is InChI=1S/C12H18N2O4S/c1-8(2)14(11(15)6-17-3)5-10-13-9(7-19-10)12(16)18-4/h7-8H,5-6H2,1-4H3. The molecule has 6 nitrogen and oxygen atoms in total. The van der Waals surface area contributed by atoms with Gasteiger partial charge in [-0.3, -0.25) is 4.79 Å². The summed E-state index contributed by atoms with van der Waals surface area (Å²) < 4.78 is 9.44. The summed E-state index contributed by atoms with van der Waals surface area (Å²) in [5.41, 5.74) is 0.269. The van der Waals surface area contributed by atoms with Crippen LogP contribution in [0, 0.1) is 0 Å². The molecule has 0 radical (unpaired) electrons. The molecule has 7 heteroatoms. The Kier molecular flexibility index (Phi) is 5.91. The second kappa shape index (κ2) is 7.20. The number of carbonyl (C=O) groups is 2. The number of carbonyl (C=O) groups excluding carboxylic acids is 2. The van der Waals surface area contributed by atoms with Crippen molar-refractivity contribution in [3.8, 4) is 0 Å². The van der Waals surface area contributed by atoms with Crippen LogP contribution in [0.5, 0.6) is 0 Å². The van der Waals surface area contributed by atoms with E-state index in [0.29, 0.717) is 11.6 Å². The van der Waals surface area contributed by atoms with Crippen molar-refractivity contribution in [2.45, 2.75) is 26.4 Å². The number of esters is 1. The average molecular weight is 286 g/mol. The molecule has 0 saturated heterocycles. The van der Waals surface area contributed by atoms with Gasteiger partial charge in [-0.25, -0.2) is 9.78 Å². The molecular formula is C12H18N2O4S. The Morgan fingerprint density at radius 3 is 2.63 bits per heavy atom. The van der Waals surface area contributed by atoms with Gasteiger partial charge >= 0.3 is 5.97 Å². The van der Waals surface area contributed by atoms with E-state index in [4.69, 9.17) is 4.74 Å². The van der Waals surface area contributed by atoms with Crippen LogP contribution in [0.15, 0.2) is 5.38 Å². The smallest absolute Gasteiger partial charge is 0.357 e. The first-order chi connectivity index (χ1) is 8.99. The molecule has 19 heavy (non-hydrogen) atoms. The van der Waals surface area contributed by atoms with Gasteiger partial charge in [0.15, 0.2) is 5.69 Å². The van der Waals surface area contributed by atoms with Crippen molar-refractivity contribution >= 4 is 23.2 Å². The minimum absolute atomic E-state index is 0.0351. The monoisotopic (exact) mass is 286 g/mol. The number of aromatic nitrogens is 1. The summed E-state index contributed by atoms with van der Waals surface area (Å²) in [6, 6.07) is 0.0353. The van der Waals surface area contributed by atoms with Crippen LogP contribution in [-0.4, -0.2) is 48.6 Å². The lowest BCUT2D eigenvalue weighted by Crippen LogP contribution is -2.38. The molecule has 0 N–H and O–H groups in total. The normalized spacial score (nSPS) is 10.6. The van der Waals surface area contributed by atoms with E-state index in [2.05, 4.69) is 9.72 Å². The fourth-order valence-corrected chi connectivity index (χ4v) is 2.25. The van der Waals surface area contributed by atoms with E-state index in [1.165, 1.54) is 25.6 Å². The van der Waals surface area contributed by atoms with Gasteiger partial charge in [-0.2, -0.15) is 0 Å². The van der Waals surface area contributed by atoms with Crippen LogP contribution in [-0.2, 0) is 20.8 Å². The minimum Gasteiger partial charge on any atom is -0.464 e. The van der Waals surface area contributed by atoms with Gasteiger partial charge in [0.05, 0.1) is 13.7 Å². The highest BCUT2D eigenvalue weighted by molar-refractivity contribution is 7.09. The van der Waals surface area contributed by atoms with E-state index in [1.807, 2.05) is 13.8 Å². The van der Waals surface area contributed by atoms with Crippen LogP contribution >= 0.6 is 11.3 Å². The van der Waals surface area contributed by atoms with Crippen LogP contribution in [0.1, 0.15) is 29.3 Å². The molecule has 0 aliphatic carbocycles. The zero-order valence-corrected chi connectivity index (χ0v) is 12.3. The Balaban J connectivity index is 2.77. The maximum atomic E-state index is 11.9. The molecule has 0 aliphatic heterocycles. The lowest BCUT2D eigenvalue weighted by Gasteiger charge is -2.25. The van der Waals surface area contributed by atoms with Gasteiger partial charge in [0.25, 0.3) is 0 Å². The molecule has 1 aromatic heterocycles. The van der Waals surface area contributed by atoms with Gasteiger partial charge in [0.1, 0.15) is 11.6 Å². The van der Waals surface area contributed by atoms with Crippen molar-refractivity contribution in [1.29, 1.82) is 0 Å². The highest BCUT2D eigenvalue weighted by Crippen LogP contribution is 2.15. The number of hydrogen-bond donors (Lipinski definition) is 0.